The highest BCUT2D eigenvalue weighted by Gasteiger charge is 2.32. The minimum atomic E-state index is -0.919. The highest BCUT2D eigenvalue weighted by atomic mass is 16.6. The van der Waals surface area contributed by atoms with Crippen molar-refractivity contribution < 1.29 is 29.0 Å². The summed E-state index contributed by atoms with van der Waals surface area (Å²) in [6, 6.07) is -0.776. The molecule has 2 N–H and O–H groups in total. The second-order valence-electron chi connectivity index (χ2n) is 8.49. The average molecular weight is 384 g/mol. The molecule has 1 aliphatic heterocycles. The molecule has 2 amide bonds. The van der Waals surface area contributed by atoms with Gasteiger partial charge in [-0.1, -0.05) is 0 Å². The van der Waals surface area contributed by atoms with Crippen molar-refractivity contribution >= 4 is 18.2 Å². The monoisotopic (exact) mass is 384 g/mol. The zero-order chi connectivity index (χ0) is 20.0. The number of carbonyl (C=O) groups is 3. The Hall–Kier alpha value is -1.99. The molecule has 8 nitrogen and oxygen atoms in total. The van der Waals surface area contributed by atoms with Crippen molar-refractivity contribution in [3.8, 4) is 0 Å². The molecule has 0 bridgehead atoms. The zero-order valence-corrected chi connectivity index (χ0v) is 16.5. The van der Waals surface area contributed by atoms with Gasteiger partial charge in [0.05, 0.1) is 0 Å². The summed E-state index contributed by atoms with van der Waals surface area (Å²) in [6.07, 6.45) is 3.95. The van der Waals surface area contributed by atoms with Gasteiger partial charge in [-0.05, 0) is 71.6 Å². The maximum atomic E-state index is 12.6. The maximum absolute atomic E-state index is 12.6. The van der Waals surface area contributed by atoms with Crippen molar-refractivity contribution in [2.24, 2.45) is 5.92 Å². The van der Waals surface area contributed by atoms with Crippen LogP contribution in [0.15, 0.2) is 0 Å². The predicted octanol–water partition coefficient (Wildman–Crippen LogP) is 3.15. The number of alkyl carbamates (subject to hydrolysis) is 1. The van der Waals surface area contributed by atoms with E-state index in [2.05, 4.69) is 5.32 Å². The number of hydrogen-bond donors (Lipinski definition) is 2. The Labute approximate surface area is 160 Å². The van der Waals surface area contributed by atoms with Gasteiger partial charge >= 0.3 is 18.2 Å². The number of esters is 1. The van der Waals surface area contributed by atoms with Gasteiger partial charge in [-0.2, -0.15) is 0 Å². The number of hydrogen-bond acceptors (Lipinski definition) is 5. The topological polar surface area (TPSA) is 105 Å². The molecular weight excluding hydrogens is 352 g/mol. The number of carbonyl (C=O) groups excluding carboxylic acids is 2. The lowest BCUT2D eigenvalue weighted by molar-refractivity contribution is -0.152. The highest BCUT2D eigenvalue weighted by Crippen LogP contribution is 2.25. The highest BCUT2D eigenvalue weighted by molar-refractivity contribution is 5.81. The van der Waals surface area contributed by atoms with Crippen LogP contribution in [-0.4, -0.2) is 59.0 Å². The first-order valence-corrected chi connectivity index (χ1v) is 9.82. The van der Waals surface area contributed by atoms with Gasteiger partial charge in [-0.3, -0.25) is 0 Å². The molecular formula is C19H32N2O6. The summed E-state index contributed by atoms with van der Waals surface area (Å²) in [5, 5.41) is 11.7. The first kappa shape index (κ1) is 21.3. The van der Waals surface area contributed by atoms with Gasteiger partial charge in [0.15, 0.2) is 0 Å². The Morgan fingerprint density at radius 1 is 1.11 bits per heavy atom. The number of rotatable bonds is 5. The van der Waals surface area contributed by atoms with Crippen LogP contribution in [0.5, 0.6) is 0 Å². The van der Waals surface area contributed by atoms with Crippen LogP contribution in [0.4, 0.5) is 9.59 Å². The summed E-state index contributed by atoms with van der Waals surface area (Å²) < 4.78 is 10.9. The van der Waals surface area contributed by atoms with Crippen molar-refractivity contribution in [1.29, 1.82) is 0 Å². The first-order valence-electron chi connectivity index (χ1n) is 9.82. The third-order valence-electron chi connectivity index (χ3n) is 5.01. The molecule has 0 radical (unpaired) electrons. The lowest BCUT2D eigenvalue weighted by Gasteiger charge is -2.32. The number of likely N-dealkylation sites (tertiary alicyclic amines) is 1. The molecule has 2 aliphatic rings. The Balaban J connectivity index is 1.94. The van der Waals surface area contributed by atoms with Gasteiger partial charge in [0.1, 0.15) is 17.7 Å². The third kappa shape index (κ3) is 7.27. The summed E-state index contributed by atoms with van der Waals surface area (Å²) in [4.78, 5) is 37.2. The van der Waals surface area contributed by atoms with Gasteiger partial charge < -0.3 is 24.8 Å². The summed E-state index contributed by atoms with van der Waals surface area (Å²) >= 11 is 0. The molecule has 154 valence electrons. The molecule has 2 rings (SSSR count). The quantitative estimate of drug-likeness (QED) is 0.706. The summed E-state index contributed by atoms with van der Waals surface area (Å²) in [7, 11) is 0. The molecule has 1 heterocycles. The standard InChI is InChI=1S/C19H32N2O6/c1-19(2,3)27-17(23)20-15(16(22)26-14-6-4-5-7-14)12-13-8-10-21(11-9-13)18(24)25/h13-15H,4-12H2,1-3H3,(H,20,23)(H,24,25). The Morgan fingerprint density at radius 3 is 2.22 bits per heavy atom. The molecule has 0 spiro atoms. The maximum Gasteiger partial charge on any atom is 0.408 e. The van der Waals surface area contributed by atoms with Crippen LogP contribution in [0.2, 0.25) is 0 Å². The zero-order valence-electron chi connectivity index (χ0n) is 16.5. The van der Waals surface area contributed by atoms with Crippen LogP contribution < -0.4 is 5.32 Å². The van der Waals surface area contributed by atoms with Crippen LogP contribution in [0.25, 0.3) is 0 Å². The Bertz CT molecular complexity index is 531. The van der Waals surface area contributed by atoms with E-state index >= 15 is 0 Å². The largest absolute Gasteiger partial charge is 0.465 e. The van der Waals surface area contributed by atoms with Gasteiger partial charge in [0, 0.05) is 13.1 Å². The van der Waals surface area contributed by atoms with Gasteiger partial charge in [-0.25, -0.2) is 14.4 Å². The van der Waals surface area contributed by atoms with E-state index in [9.17, 15) is 14.4 Å². The van der Waals surface area contributed by atoms with Crippen molar-refractivity contribution in [2.75, 3.05) is 13.1 Å². The molecule has 1 saturated heterocycles. The molecule has 0 aromatic carbocycles. The van der Waals surface area contributed by atoms with Crippen LogP contribution in [-0.2, 0) is 14.3 Å². The van der Waals surface area contributed by atoms with E-state index in [1.165, 1.54) is 4.90 Å². The van der Waals surface area contributed by atoms with Crippen LogP contribution >= 0.6 is 0 Å². The number of ether oxygens (including phenoxy) is 2. The molecule has 1 aliphatic carbocycles. The third-order valence-corrected chi connectivity index (χ3v) is 5.01. The van der Waals surface area contributed by atoms with E-state index in [-0.39, 0.29) is 12.0 Å². The molecule has 8 heteroatoms. The Morgan fingerprint density at radius 2 is 1.70 bits per heavy atom. The SMILES string of the molecule is CC(C)(C)OC(=O)NC(CC1CCN(C(=O)O)CC1)C(=O)OC1CCCC1. The van der Waals surface area contributed by atoms with Crippen molar-refractivity contribution in [3.05, 3.63) is 0 Å². The number of nitrogens with one attached hydrogen (secondary N) is 1. The number of piperidine rings is 1. The van der Waals surface area contributed by atoms with E-state index in [1.54, 1.807) is 20.8 Å². The molecule has 0 aromatic rings. The molecule has 1 unspecified atom stereocenters. The molecule has 0 aromatic heterocycles. The number of carboxylic acid groups (broad SMARTS) is 1. The molecule has 27 heavy (non-hydrogen) atoms. The second kappa shape index (κ2) is 9.28. The van der Waals surface area contributed by atoms with E-state index in [1.807, 2.05) is 0 Å². The predicted molar refractivity (Wildman–Crippen MR) is 98.4 cm³/mol. The Kier molecular flexibility index (Phi) is 7.33. The number of nitrogens with zero attached hydrogens (tertiary/aromatic N) is 1. The van der Waals surface area contributed by atoms with Crippen LogP contribution in [0, 0.1) is 5.92 Å². The summed E-state index contributed by atoms with van der Waals surface area (Å²) in [5.74, 6) is -0.273. The van der Waals surface area contributed by atoms with Crippen molar-refractivity contribution in [1.82, 2.24) is 10.2 Å². The van der Waals surface area contributed by atoms with E-state index < -0.39 is 29.8 Å². The summed E-state index contributed by atoms with van der Waals surface area (Å²) in [5.41, 5.74) is -0.656. The fourth-order valence-electron chi connectivity index (χ4n) is 3.61. The van der Waals surface area contributed by atoms with E-state index in [0.717, 1.165) is 25.7 Å². The van der Waals surface area contributed by atoms with E-state index in [4.69, 9.17) is 14.6 Å². The molecule has 1 saturated carbocycles. The fourth-order valence-corrected chi connectivity index (χ4v) is 3.61. The first-order chi connectivity index (χ1) is 12.6. The molecule has 1 atom stereocenters. The van der Waals surface area contributed by atoms with Crippen LogP contribution in [0.3, 0.4) is 0 Å². The average Bonchev–Trinajstić information content (AvgIpc) is 3.06. The minimum absolute atomic E-state index is 0.0747. The van der Waals surface area contributed by atoms with Gasteiger partial charge in [-0.15, -0.1) is 0 Å². The van der Waals surface area contributed by atoms with Gasteiger partial charge in [0.2, 0.25) is 0 Å². The second-order valence-corrected chi connectivity index (χ2v) is 8.49. The lowest BCUT2D eigenvalue weighted by atomic mass is 9.90. The van der Waals surface area contributed by atoms with Crippen molar-refractivity contribution in [3.63, 3.8) is 0 Å². The number of amides is 2. The fraction of sp³-hybridized carbons (Fsp3) is 0.842. The normalized spacial score (nSPS) is 20.2. The van der Waals surface area contributed by atoms with Crippen LogP contribution in [0.1, 0.15) is 65.7 Å². The van der Waals surface area contributed by atoms with Gasteiger partial charge in [0.25, 0.3) is 0 Å². The summed E-state index contributed by atoms with van der Waals surface area (Å²) in [6.45, 7) is 6.17. The molecule has 2 fully saturated rings. The minimum Gasteiger partial charge on any atom is -0.465 e. The van der Waals surface area contributed by atoms with Crippen molar-refractivity contribution in [2.45, 2.75) is 83.5 Å². The lowest BCUT2D eigenvalue weighted by Crippen LogP contribution is -2.47. The smallest absolute Gasteiger partial charge is 0.408 e. The van der Waals surface area contributed by atoms with E-state index in [0.29, 0.717) is 32.4 Å².